The van der Waals surface area contributed by atoms with Crippen LogP contribution in [0.15, 0.2) is 11.1 Å². The number of hydrogen-bond acceptors (Lipinski definition) is 6. The zero-order chi connectivity index (χ0) is 16.6. The number of sulfonamides is 1. The number of hydrogen-bond donors (Lipinski definition) is 1. The zero-order valence-electron chi connectivity index (χ0n) is 9.47. The highest BCUT2D eigenvalue weighted by molar-refractivity contribution is 7.89. The standard InChI is InChI=1S/C7H4F5N3O5S/c8-5(9)4-3(20-7(10,11)12)1-2(15(16)17)6(14-4)21(13,18)19/h1,5H,(H2,13,18,19). The number of pyridine rings is 1. The van der Waals surface area contributed by atoms with Gasteiger partial charge in [-0.05, 0) is 0 Å². The molecule has 0 aliphatic carbocycles. The first-order valence-corrected chi connectivity index (χ1v) is 6.13. The normalized spacial score (nSPS) is 12.5. The van der Waals surface area contributed by atoms with Gasteiger partial charge in [0.1, 0.15) is 0 Å². The van der Waals surface area contributed by atoms with Crippen LogP contribution in [0.5, 0.6) is 5.75 Å². The Morgan fingerprint density at radius 1 is 1.38 bits per heavy atom. The molecule has 1 aromatic rings. The number of ether oxygens (including phenoxy) is 1. The van der Waals surface area contributed by atoms with E-state index in [2.05, 4.69) is 14.9 Å². The number of nitrogens with zero attached hydrogens (tertiary/aromatic N) is 2. The molecule has 8 nitrogen and oxygen atoms in total. The molecule has 0 aliphatic rings. The highest BCUT2D eigenvalue weighted by Gasteiger charge is 2.37. The van der Waals surface area contributed by atoms with Gasteiger partial charge in [0.2, 0.25) is 5.03 Å². The number of rotatable bonds is 4. The molecule has 21 heavy (non-hydrogen) atoms. The molecule has 0 saturated heterocycles. The quantitative estimate of drug-likeness (QED) is 0.504. The second-order valence-corrected chi connectivity index (χ2v) is 4.82. The predicted molar refractivity (Wildman–Crippen MR) is 53.9 cm³/mol. The fourth-order valence-electron chi connectivity index (χ4n) is 1.18. The first-order chi connectivity index (χ1) is 9.33. The van der Waals surface area contributed by atoms with Crippen molar-refractivity contribution in [1.82, 2.24) is 4.98 Å². The molecule has 1 heterocycles. The van der Waals surface area contributed by atoms with Gasteiger partial charge in [-0.1, -0.05) is 0 Å². The zero-order valence-corrected chi connectivity index (χ0v) is 10.3. The van der Waals surface area contributed by atoms with Crippen LogP contribution in [-0.4, -0.2) is 24.7 Å². The van der Waals surface area contributed by atoms with E-state index in [0.717, 1.165) is 0 Å². The topological polar surface area (TPSA) is 125 Å². The Balaban J connectivity index is 3.67. The second kappa shape index (κ2) is 5.36. The summed E-state index contributed by atoms with van der Waals surface area (Å²) < 4.78 is 86.5. The van der Waals surface area contributed by atoms with Crippen molar-refractivity contribution in [2.24, 2.45) is 5.14 Å². The maximum atomic E-state index is 12.6. The summed E-state index contributed by atoms with van der Waals surface area (Å²) in [6, 6.07) is -0.137. The lowest BCUT2D eigenvalue weighted by Crippen LogP contribution is -2.21. The van der Waals surface area contributed by atoms with Crippen molar-refractivity contribution >= 4 is 15.7 Å². The number of nitro groups is 1. The highest BCUT2D eigenvalue weighted by Crippen LogP contribution is 2.36. The molecule has 0 fully saturated rings. The van der Waals surface area contributed by atoms with Crippen molar-refractivity contribution in [3.63, 3.8) is 0 Å². The summed E-state index contributed by atoms with van der Waals surface area (Å²) in [5.74, 6) is -1.70. The molecule has 0 unspecified atom stereocenters. The lowest BCUT2D eigenvalue weighted by molar-refractivity contribution is -0.388. The van der Waals surface area contributed by atoms with Crippen molar-refractivity contribution in [2.75, 3.05) is 0 Å². The molecule has 14 heteroatoms. The van der Waals surface area contributed by atoms with Gasteiger partial charge in [0, 0.05) is 0 Å². The minimum Gasteiger partial charge on any atom is -0.403 e. The Hall–Kier alpha value is -2.09. The minimum atomic E-state index is -5.44. The molecule has 0 atom stereocenters. The fourth-order valence-corrected chi connectivity index (χ4v) is 1.84. The molecule has 0 aromatic carbocycles. The summed E-state index contributed by atoms with van der Waals surface area (Å²) in [4.78, 5) is 11.8. The molecule has 0 saturated carbocycles. The summed E-state index contributed by atoms with van der Waals surface area (Å²) in [7, 11) is -4.92. The van der Waals surface area contributed by atoms with Crippen LogP contribution in [-0.2, 0) is 10.0 Å². The van der Waals surface area contributed by atoms with Gasteiger partial charge >= 0.3 is 12.0 Å². The van der Waals surface area contributed by atoms with E-state index in [1.807, 2.05) is 0 Å². The van der Waals surface area contributed by atoms with Crippen molar-refractivity contribution in [3.05, 3.63) is 21.9 Å². The van der Waals surface area contributed by atoms with Crippen molar-refractivity contribution in [1.29, 1.82) is 0 Å². The average Bonchev–Trinajstić information content (AvgIpc) is 2.23. The Bertz CT molecular complexity index is 674. The van der Waals surface area contributed by atoms with Gasteiger partial charge < -0.3 is 4.74 Å². The first-order valence-electron chi connectivity index (χ1n) is 4.59. The van der Waals surface area contributed by atoms with E-state index in [4.69, 9.17) is 0 Å². The Morgan fingerprint density at radius 3 is 2.24 bits per heavy atom. The van der Waals surface area contributed by atoms with E-state index >= 15 is 0 Å². The number of halogens is 5. The summed E-state index contributed by atoms with van der Waals surface area (Å²) in [6.07, 6.45) is -9.13. The highest BCUT2D eigenvalue weighted by atomic mass is 32.2. The Labute approximate surface area is 112 Å². The molecule has 118 valence electrons. The SMILES string of the molecule is NS(=O)(=O)c1nc(C(F)F)c(OC(F)(F)F)cc1[N+](=O)[O-]. The molecule has 0 aliphatic heterocycles. The lowest BCUT2D eigenvalue weighted by atomic mass is 10.3. The molecule has 0 spiro atoms. The molecule has 1 aromatic heterocycles. The molecule has 1 rings (SSSR count). The van der Waals surface area contributed by atoms with Gasteiger partial charge in [0.15, 0.2) is 11.4 Å². The minimum absolute atomic E-state index is 0.137. The second-order valence-electron chi connectivity index (χ2n) is 3.35. The van der Waals surface area contributed by atoms with Crippen LogP contribution in [0.4, 0.5) is 27.6 Å². The van der Waals surface area contributed by atoms with E-state index < -0.39 is 49.9 Å². The van der Waals surface area contributed by atoms with Crippen LogP contribution in [0.25, 0.3) is 0 Å². The van der Waals surface area contributed by atoms with Crippen LogP contribution in [0.2, 0.25) is 0 Å². The third-order valence-electron chi connectivity index (χ3n) is 1.86. The Kier molecular flexibility index (Phi) is 4.33. The van der Waals surface area contributed by atoms with E-state index in [-0.39, 0.29) is 6.07 Å². The van der Waals surface area contributed by atoms with Gasteiger partial charge in [0.05, 0.1) is 11.0 Å². The fraction of sp³-hybridized carbons (Fsp3) is 0.286. The Morgan fingerprint density at radius 2 is 1.90 bits per heavy atom. The van der Waals surface area contributed by atoms with Crippen LogP contribution in [0, 0.1) is 10.1 Å². The van der Waals surface area contributed by atoms with Crippen molar-refractivity contribution < 1.29 is 40.0 Å². The molecule has 2 N–H and O–H groups in total. The number of primary sulfonamides is 1. The van der Waals surface area contributed by atoms with E-state index in [1.165, 1.54) is 0 Å². The van der Waals surface area contributed by atoms with Crippen LogP contribution < -0.4 is 9.88 Å². The first kappa shape index (κ1) is 17.0. The third kappa shape index (κ3) is 4.19. The smallest absolute Gasteiger partial charge is 0.403 e. The number of nitrogens with two attached hydrogens (primary N) is 1. The summed E-state index contributed by atoms with van der Waals surface area (Å²) >= 11 is 0. The summed E-state index contributed by atoms with van der Waals surface area (Å²) in [5.41, 5.74) is -3.27. The lowest BCUT2D eigenvalue weighted by Gasteiger charge is -2.13. The van der Waals surface area contributed by atoms with Crippen LogP contribution in [0.3, 0.4) is 0 Å². The van der Waals surface area contributed by atoms with Crippen LogP contribution in [0.1, 0.15) is 12.1 Å². The largest absolute Gasteiger partial charge is 0.573 e. The maximum Gasteiger partial charge on any atom is 0.573 e. The van der Waals surface area contributed by atoms with Crippen LogP contribution >= 0.6 is 0 Å². The average molecular weight is 337 g/mol. The molecule has 0 bridgehead atoms. The van der Waals surface area contributed by atoms with Gasteiger partial charge in [-0.15, -0.1) is 13.2 Å². The molecular formula is C7H4F5N3O5S. The van der Waals surface area contributed by atoms with Crippen molar-refractivity contribution in [2.45, 2.75) is 17.8 Å². The van der Waals surface area contributed by atoms with E-state index in [0.29, 0.717) is 0 Å². The number of aromatic nitrogens is 1. The molecule has 0 amide bonds. The van der Waals surface area contributed by atoms with Gasteiger partial charge in [-0.3, -0.25) is 10.1 Å². The van der Waals surface area contributed by atoms with Crippen molar-refractivity contribution in [3.8, 4) is 5.75 Å². The molecule has 0 radical (unpaired) electrons. The van der Waals surface area contributed by atoms with E-state index in [9.17, 15) is 40.5 Å². The maximum absolute atomic E-state index is 12.6. The molecular weight excluding hydrogens is 333 g/mol. The predicted octanol–water partition coefficient (Wildman–Crippen LogP) is 1.47. The summed E-state index contributed by atoms with van der Waals surface area (Å²) in [5, 5.41) is 13.5. The van der Waals surface area contributed by atoms with Gasteiger partial charge in [-0.2, -0.15) is 0 Å². The number of alkyl halides is 5. The monoisotopic (exact) mass is 337 g/mol. The third-order valence-corrected chi connectivity index (χ3v) is 2.70. The van der Waals surface area contributed by atoms with Gasteiger partial charge in [0.25, 0.3) is 16.4 Å². The van der Waals surface area contributed by atoms with Gasteiger partial charge in [-0.25, -0.2) is 27.3 Å². The van der Waals surface area contributed by atoms with E-state index in [1.54, 1.807) is 0 Å². The summed E-state index contributed by atoms with van der Waals surface area (Å²) in [6.45, 7) is 0.